The number of aromatic nitrogens is 1. The summed E-state index contributed by atoms with van der Waals surface area (Å²) in [7, 11) is 0. The second-order valence-corrected chi connectivity index (χ2v) is 4.49. The third-order valence-corrected chi connectivity index (χ3v) is 3.42. The summed E-state index contributed by atoms with van der Waals surface area (Å²) < 4.78 is 5.81. The number of rotatable bonds is 1. The lowest BCUT2D eigenvalue weighted by molar-refractivity contribution is 0.161. The molecule has 0 radical (unpaired) electrons. The molecule has 0 unspecified atom stereocenters. The first kappa shape index (κ1) is 10.4. The number of hydrogen-bond donors (Lipinski definition) is 1. The van der Waals surface area contributed by atoms with Gasteiger partial charge < -0.3 is 9.72 Å². The molecule has 1 N–H and O–H groups in total. The lowest BCUT2D eigenvalue weighted by Crippen LogP contribution is -2.26. The van der Waals surface area contributed by atoms with Crippen LogP contribution in [0.2, 0.25) is 0 Å². The van der Waals surface area contributed by atoms with E-state index in [-0.39, 0.29) is 11.5 Å². The normalized spacial score (nSPS) is 18.8. The van der Waals surface area contributed by atoms with Crippen molar-refractivity contribution in [1.29, 1.82) is 0 Å². The molecule has 2 heterocycles. The molecule has 0 spiro atoms. The summed E-state index contributed by atoms with van der Waals surface area (Å²) in [6, 6.07) is 7.59. The molecule has 1 aromatic heterocycles. The van der Waals surface area contributed by atoms with Crippen LogP contribution in [-0.4, -0.2) is 11.1 Å². The number of para-hydroxylation sites is 1. The van der Waals surface area contributed by atoms with E-state index >= 15 is 0 Å². The van der Waals surface area contributed by atoms with Gasteiger partial charge >= 0.3 is 0 Å². The van der Waals surface area contributed by atoms with Gasteiger partial charge in [0.15, 0.2) is 11.3 Å². The van der Waals surface area contributed by atoms with Crippen LogP contribution < -0.4 is 10.2 Å². The number of aromatic amines is 1. The van der Waals surface area contributed by atoms with Crippen molar-refractivity contribution in [2.75, 3.05) is 0 Å². The number of pyridine rings is 1. The van der Waals surface area contributed by atoms with E-state index in [1.54, 1.807) is 0 Å². The molecule has 3 rings (SSSR count). The minimum Gasteiger partial charge on any atom is -0.475 e. The van der Waals surface area contributed by atoms with E-state index in [0.717, 1.165) is 35.7 Å². The summed E-state index contributed by atoms with van der Waals surface area (Å²) in [6.07, 6.45) is 2.96. The Kier molecular flexibility index (Phi) is 2.39. The Morgan fingerprint density at radius 1 is 1.41 bits per heavy atom. The van der Waals surface area contributed by atoms with E-state index < -0.39 is 0 Å². The molecule has 0 aliphatic carbocycles. The average Bonchev–Trinajstić information content (AvgIpc) is 2.38. The molecule has 0 amide bonds. The van der Waals surface area contributed by atoms with Gasteiger partial charge in [0.05, 0.1) is 11.1 Å². The Labute approximate surface area is 99.4 Å². The second kappa shape index (κ2) is 3.91. The van der Waals surface area contributed by atoms with Gasteiger partial charge in [-0.3, -0.25) is 4.79 Å². The van der Waals surface area contributed by atoms with Gasteiger partial charge in [-0.05, 0) is 31.4 Å². The maximum Gasteiger partial charge on any atom is 0.198 e. The van der Waals surface area contributed by atoms with Crippen molar-refractivity contribution in [3.8, 4) is 5.88 Å². The third-order valence-electron chi connectivity index (χ3n) is 3.42. The third kappa shape index (κ3) is 1.62. The van der Waals surface area contributed by atoms with Crippen LogP contribution in [0.15, 0.2) is 29.1 Å². The minimum atomic E-state index is 0.115. The Hall–Kier alpha value is -1.77. The molecule has 1 aliphatic heterocycles. The van der Waals surface area contributed by atoms with E-state index in [9.17, 15) is 4.79 Å². The highest BCUT2D eigenvalue weighted by Gasteiger charge is 2.22. The molecule has 1 aromatic carbocycles. The molecule has 0 fully saturated rings. The lowest BCUT2D eigenvalue weighted by atomic mass is 10.0. The number of benzene rings is 1. The fraction of sp³-hybridized carbons (Fsp3) is 0.357. The molecule has 0 bridgehead atoms. The van der Waals surface area contributed by atoms with Crippen molar-refractivity contribution in [2.45, 2.75) is 32.3 Å². The van der Waals surface area contributed by atoms with Gasteiger partial charge in [-0.2, -0.15) is 0 Å². The maximum absolute atomic E-state index is 12.3. The number of H-pyrrole nitrogens is 1. The largest absolute Gasteiger partial charge is 0.475 e. The molecule has 1 aliphatic rings. The smallest absolute Gasteiger partial charge is 0.198 e. The highest BCUT2D eigenvalue weighted by Crippen LogP contribution is 2.26. The molecule has 0 saturated carbocycles. The molecule has 2 aromatic rings. The molecule has 1 atom stereocenters. The maximum atomic E-state index is 12.3. The van der Waals surface area contributed by atoms with Gasteiger partial charge in [0.25, 0.3) is 0 Å². The Bertz CT molecular complexity index is 615. The standard InChI is InChI=1S/C14H15NO2/c1-2-9-7-8-11-13(16)10-5-3-4-6-12(10)15-14(11)17-9/h3-6,9H,2,7-8H2,1H3,(H,15,16)/t9-/m1/s1. The fourth-order valence-corrected chi connectivity index (χ4v) is 2.40. The van der Waals surface area contributed by atoms with Gasteiger partial charge in [0, 0.05) is 5.39 Å². The summed E-state index contributed by atoms with van der Waals surface area (Å²) in [5.41, 5.74) is 1.77. The van der Waals surface area contributed by atoms with Crippen LogP contribution >= 0.6 is 0 Å². The summed E-state index contributed by atoms with van der Waals surface area (Å²) in [4.78, 5) is 15.5. The van der Waals surface area contributed by atoms with Gasteiger partial charge in [-0.1, -0.05) is 19.1 Å². The van der Waals surface area contributed by atoms with Crippen molar-refractivity contribution >= 4 is 10.9 Å². The zero-order valence-electron chi connectivity index (χ0n) is 9.82. The number of hydrogen-bond acceptors (Lipinski definition) is 2. The molecule has 3 heteroatoms. The second-order valence-electron chi connectivity index (χ2n) is 4.49. The SMILES string of the molecule is CC[C@@H]1CCc2c([nH]c3ccccc3c2=O)O1. The van der Waals surface area contributed by atoms with Crippen molar-refractivity contribution in [2.24, 2.45) is 0 Å². The Morgan fingerprint density at radius 2 is 2.24 bits per heavy atom. The van der Waals surface area contributed by atoms with Crippen LogP contribution in [0.5, 0.6) is 5.88 Å². The van der Waals surface area contributed by atoms with Crippen molar-refractivity contribution in [1.82, 2.24) is 4.98 Å². The van der Waals surface area contributed by atoms with Crippen LogP contribution in [0.4, 0.5) is 0 Å². The quantitative estimate of drug-likeness (QED) is 0.816. The molecule has 88 valence electrons. The van der Waals surface area contributed by atoms with Gasteiger partial charge in [-0.15, -0.1) is 0 Å². The summed E-state index contributed by atoms with van der Waals surface area (Å²) in [5, 5.41) is 0.754. The van der Waals surface area contributed by atoms with Crippen molar-refractivity contribution < 1.29 is 4.74 Å². The lowest BCUT2D eigenvalue weighted by Gasteiger charge is -2.24. The molecule has 17 heavy (non-hydrogen) atoms. The Morgan fingerprint density at radius 3 is 3.06 bits per heavy atom. The predicted molar refractivity (Wildman–Crippen MR) is 67.6 cm³/mol. The monoisotopic (exact) mass is 229 g/mol. The summed E-state index contributed by atoms with van der Waals surface area (Å²) in [6.45, 7) is 2.11. The van der Waals surface area contributed by atoms with E-state index in [4.69, 9.17) is 4.74 Å². The summed E-state index contributed by atoms with van der Waals surface area (Å²) >= 11 is 0. The predicted octanol–water partition coefficient (Wildman–Crippen LogP) is 2.63. The zero-order chi connectivity index (χ0) is 11.8. The van der Waals surface area contributed by atoms with Crippen molar-refractivity contribution in [3.63, 3.8) is 0 Å². The van der Waals surface area contributed by atoms with Crippen molar-refractivity contribution in [3.05, 3.63) is 40.1 Å². The molecular formula is C14H15NO2. The number of ether oxygens (including phenoxy) is 1. The highest BCUT2D eigenvalue weighted by atomic mass is 16.5. The van der Waals surface area contributed by atoms with Crippen LogP contribution in [0.3, 0.4) is 0 Å². The first-order valence-electron chi connectivity index (χ1n) is 6.10. The van der Waals surface area contributed by atoms with Gasteiger partial charge in [0.2, 0.25) is 0 Å². The molecular weight excluding hydrogens is 214 g/mol. The number of nitrogens with one attached hydrogen (secondary N) is 1. The summed E-state index contributed by atoms with van der Waals surface area (Å²) in [5.74, 6) is 0.673. The van der Waals surface area contributed by atoms with E-state index in [2.05, 4.69) is 11.9 Å². The van der Waals surface area contributed by atoms with E-state index in [1.165, 1.54) is 0 Å². The van der Waals surface area contributed by atoms with Gasteiger partial charge in [0.1, 0.15) is 6.10 Å². The van der Waals surface area contributed by atoms with Crippen LogP contribution in [-0.2, 0) is 6.42 Å². The first-order chi connectivity index (χ1) is 8.29. The van der Waals surface area contributed by atoms with E-state index in [0.29, 0.717) is 5.88 Å². The van der Waals surface area contributed by atoms with Crippen LogP contribution in [0, 0.1) is 0 Å². The molecule has 0 saturated heterocycles. The zero-order valence-corrected chi connectivity index (χ0v) is 9.82. The first-order valence-corrected chi connectivity index (χ1v) is 6.10. The average molecular weight is 229 g/mol. The van der Waals surface area contributed by atoms with Crippen LogP contribution in [0.25, 0.3) is 10.9 Å². The van der Waals surface area contributed by atoms with Gasteiger partial charge in [-0.25, -0.2) is 0 Å². The topological polar surface area (TPSA) is 42.1 Å². The van der Waals surface area contributed by atoms with Crippen LogP contribution in [0.1, 0.15) is 25.3 Å². The number of fused-ring (bicyclic) bond motifs is 2. The Balaban J connectivity index is 2.22. The fourth-order valence-electron chi connectivity index (χ4n) is 2.40. The molecule has 3 nitrogen and oxygen atoms in total. The van der Waals surface area contributed by atoms with E-state index in [1.807, 2.05) is 24.3 Å². The highest BCUT2D eigenvalue weighted by molar-refractivity contribution is 5.79. The minimum absolute atomic E-state index is 0.115.